The van der Waals surface area contributed by atoms with Gasteiger partial charge in [0.2, 0.25) is 0 Å². The van der Waals surface area contributed by atoms with Crippen molar-refractivity contribution in [1.29, 1.82) is 0 Å². The highest BCUT2D eigenvalue weighted by molar-refractivity contribution is 6.33. The minimum atomic E-state index is -0.946. The summed E-state index contributed by atoms with van der Waals surface area (Å²) in [5, 5.41) is 9.63. The number of hydrogen-bond donors (Lipinski definition) is 1. The summed E-state index contributed by atoms with van der Waals surface area (Å²) in [5.74, 6) is -0.946. The third-order valence-corrected chi connectivity index (χ3v) is 3.68. The number of carboxylic acids is 1. The number of carbonyl (C=O) groups is 1. The minimum absolute atomic E-state index is 0.102. The molecule has 0 fully saturated rings. The van der Waals surface area contributed by atoms with Crippen LogP contribution in [0.25, 0.3) is 11.0 Å². The van der Waals surface area contributed by atoms with Crippen molar-refractivity contribution in [1.82, 2.24) is 0 Å². The van der Waals surface area contributed by atoms with Gasteiger partial charge in [0.25, 0.3) is 0 Å². The second-order valence-corrected chi connectivity index (χ2v) is 4.87. The van der Waals surface area contributed by atoms with Crippen LogP contribution in [0.3, 0.4) is 0 Å². The maximum absolute atomic E-state index is 12.3. The molecule has 1 heterocycles. The highest BCUT2D eigenvalue weighted by Gasteiger charge is 2.14. The number of halogens is 1. The number of aryl methyl sites for hydroxylation is 3. The molecule has 0 saturated carbocycles. The van der Waals surface area contributed by atoms with Gasteiger partial charge in [0.15, 0.2) is 5.43 Å². The van der Waals surface area contributed by atoms with Crippen LogP contribution in [0.2, 0.25) is 5.02 Å². The summed E-state index contributed by atoms with van der Waals surface area (Å²) >= 11 is 6.13. The lowest BCUT2D eigenvalue weighted by atomic mass is 10.0. The second kappa shape index (κ2) is 5.05. The Kier molecular flexibility index (Phi) is 3.62. The molecular weight excluding hydrogens is 268 g/mol. The fraction of sp³-hybridized carbons (Fsp3) is 0.286. The van der Waals surface area contributed by atoms with Crippen molar-refractivity contribution in [2.75, 3.05) is 0 Å². The highest BCUT2D eigenvalue weighted by Crippen LogP contribution is 2.27. The van der Waals surface area contributed by atoms with Crippen LogP contribution in [0.5, 0.6) is 0 Å². The third-order valence-electron chi connectivity index (χ3n) is 3.10. The average molecular weight is 281 g/mol. The van der Waals surface area contributed by atoms with E-state index in [1.54, 1.807) is 13.0 Å². The summed E-state index contributed by atoms with van der Waals surface area (Å²) in [6, 6.07) is 1.72. The lowest BCUT2D eigenvalue weighted by Gasteiger charge is -2.07. The predicted molar refractivity (Wildman–Crippen MR) is 72.9 cm³/mol. The van der Waals surface area contributed by atoms with Crippen molar-refractivity contribution in [3.8, 4) is 0 Å². The number of hydrogen-bond acceptors (Lipinski definition) is 3. The monoisotopic (exact) mass is 280 g/mol. The minimum Gasteiger partial charge on any atom is -0.481 e. The molecule has 4 nitrogen and oxygen atoms in total. The van der Waals surface area contributed by atoms with Crippen molar-refractivity contribution < 1.29 is 14.3 Å². The van der Waals surface area contributed by atoms with Crippen LogP contribution < -0.4 is 5.43 Å². The van der Waals surface area contributed by atoms with Crippen molar-refractivity contribution in [2.24, 2.45) is 0 Å². The van der Waals surface area contributed by atoms with Gasteiger partial charge >= 0.3 is 5.97 Å². The van der Waals surface area contributed by atoms with Crippen LogP contribution in [0.4, 0.5) is 0 Å². The summed E-state index contributed by atoms with van der Waals surface area (Å²) < 4.78 is 5.42. The Labute approximate surface area is 114 Å². The van der Waals surface area contributed by atoms with E-state index in [2.05, 4.69) is 0 Å². The van der Waals surface area contributed by atoms with Crippen LogP contribution in [-0.4, -0.2) is 11.1 Å². The molecule has 0 amide bonds. The summed E-state index contributed by atoms with van der Waals surface area (Å²) in [7, 11) is 0. The van der Waals surface area contributed by atoms with E-state index < -0.39 is 5.97 Å². The molecule has 5 heteroatoms. The van der Waals surface area contributed by atoms with Gasteiger partial charge in [0.1, 0.15) is 5.58 Å². The molecule has 0 spiro atoms. The van der Waals surface area contributed by atoms with Gasteiger partial charge < -0.3 is 9.52 Å². The zero-order chi connectivity index (χ0) is 14.2. The lowest BCUT2D eigenvalue weighted by molar-refractivity contribution is -0.136. The SMILES string of the molecule is Cc1cc2occ(CCC(=O)O)c(=O)c2c(C)c1Cl. The Bertz CT molecular complexity index is 715. The maximum Gasteiger partial charge on any atom is 0.303 e. The molecule has 0 aliphatic carbocycles. The van der Waals surface area contributed by atoms with Gasteiger partial charge in [0, 0.05) is 17.0 Å². The van der Waals surface area contributed by atoms with E-state index in [9.17, 15) is 9.59 Å². The fourth-order valence-electron chi connectivity index (χ4n) is 2.06. The van der Waals surface area contributed by atoms with Gasteiger partial charge in [-0.3, -0.25) is 9.59 Å². The van der Waals surface area contributed by atoms with E-state index in [-0.39, 0.29) is 18.3 Å². The fourth-order valence-corrected chi connectivity index (χ4v) is 2.21. The Morgan fingerprint density at radius 1 is 1.42 bits per heavy atom. The number of benzene rings is 1. The first-order valence-electron chi connectivity index (χ1n) is 5.83. The zero-order valence-corrected chi connectivity index (χ0v) is 11.4. The molecule has 1 N–H and O–H groups in total. The normalized spacial score (nSPS) is 10.9. The van der Waals surface area contributed by atoms with Gasteiger partial charge in [-0.15, -0.1) is 0 Å². The average Bonchev–Trinajstić information content (AvgIpc) is 2.34. The van der Waals surface area contributed by atoms with Gasteiger partial charge in [0.05, 0.1) is 11.6 Å². The molecule has 0 atom stereocenters. The first-order chi connectivity index (χ1) is 8.91. The molecule has 0 bridgehead atoms. The van der Waals surface area contributed by atoms with E-state index in [4.69, 9.17) is 21.1 Å². The topological polar surface area (TPSA) is 67.5 Å². The number of carboxylic acid groups (broad SMARTS) is 1. The van der Waals surface area contributed by atoms with Crippen LogP contribution in [-0.2, 0) is 11.2 Å². The molecule has 100 valence electrons. The molecule has 19 heavy (non-hydrogen) atoms. The summed E-state index contributed by atoms with van der Waals surface area (Å²) in [4.78, 5) is 22.9. The quantitative estimate of drug-likeness (QED) is 0.938. The van der Waals surface area contributed by atoms with E-state index >= 15 is 0 Å². The van der Waals surface area contributed by atoms with E-state index in [0.29, 0.717) is 27.1 Å². The van der Waals surface area contributed by atoms with Crippen LogP contribution >= 0.6 is 11.6 Å². The van der Waals surface area contributed by atoms with Gasteiger partial charge in [-0.25, -0.2) is 0 Å². The molecule has 0 radical (unpaired) electrons. The molecule has 1 aromatic heterocycles. The first kappa shape index (κ1) is 13.6. The van der Waals surface area contributed by atoms with E-state index in [0.717, 1.165) is 5.56 Å². The molecule has 1 aromatic carbocycles. The predicted octanol–water partition coefficient (Wildman–Crippen LogP) is 3.08. The van der Waals surface area contributed by atoms with Crippen molar-refractivity contribution in [2.45, 2.75) is 26.7 Å². The van der Waals surface area contributed by atoms with Crippen molar-refractivity contribution in [3.05, 3.63) is 44.3 Å². The Morgan fingerprint density at radius 2 is 2.11 bits per heavy atom. The molecule has 2 aromatic rings. The van der Waals surface area contributed by atoms with E-state index in [1.165, 1.54) is 6.26 Å². The molecule has 0 unspecified atom stereocenters. The molecule has 0 aliphatic rings. The van der Waals surface area contributed by atoms with Crippen LogP contribution in [0.15, 0.2) is 21.5 Å². The van der Waals surface area contributed by atoms with Gasteiger partial charge in [-0.2, -0.15) is 0 Å². The maximum atomic E-state index is 12.3. The smallest absolute Gasteiger partial charge is 0.303 e. The Hall–Kier alpha value is -1.81. The summed E-state index contributed by atoms with van der Waals surface area (Å²) in [6.45, 7) is 3.60. The zero-order valence-electron chi connectivity index (χ0n) is 10.6. The molecule has 0 saturated heterocycles. The lowest BCUT2D eigenvalue weighted by Crippen LogP contribution is -2.12. The second-order valence-electron chi connectivity index (χ2n) is 4.49. The summed E-state index contributed by atoms with van der Waals surface area (Å²) in [6.07, 6.45) is 1.38. The van der Waals surface area contributed by atoms with Gasteiger partial charge in [-0.05, 0) is 37.5 Å². The third kappa shape index (κ3) is 2.49. The van der Waals surface area contributed by atoms with Crippen LogP contribution in [0, 0.1) is 13.8 Å². The molecule has 0 aliphatic heterocycles. The Morgan fingerprint density at radius 3 is 2.74 bits per heavy atom. The van der Waals surface area contributed by atoms with E-state index in [1.807, 2.05) is 6.92 Å². The number of aliphatic carboxylic acids is 1. The van der Waals surface area contributed by atoms with Crippen molar-refractivity contribution >= 4 is 28.5 Å². The summed E-state index contributed by atoms with van der Waals surface area (Å²) in [5.41, 5.74) is 2.14. The molecule has 2 rings (SSSR count). The standard InChI is InChI=1S/C14H13ClO4/c1-7-5-10-12(8(2)13(7)15)14(18)9(6-19-10)3-4-11(16)17/h5-6H,3-4H2,1-2H3,(H,16,17). The van der Waals surface area contributed by atoms with Gasteiger partial charge in [-0.1, -0.05) is 11.6 Å². The first-order valence-corrected chi connectivity index (χ1v) is 6.21. The number of fused-ring (bicyclic) bond motifs is 1. The molecular formula is C14H13ClO4. The largest absolute Gasteiger partial charge is 0.481 e. The highest BCUT2D eigenvalue weighted by atomic mass is 35.5. The van der Waals surface area contributed by atoms with Crippen molar-refractivity contribution in [3.63, 3.8) is 0 Å². The number of rotatable bonds is 3. The Balaban J connectivity index is 2.64. The van der Waals surface area contributed by atoms with Crippen LogP contribution in [0.1, 0.15) is 23.1 Å².